The van der Waals surface area contributed by atoms with Crippen molar-refractivity contribution in [3.63, 3.8) is 0 Å². The molecule has 6 nitrogen and oxygen atoms in total. The standard InChI is InChI=1S/C26H33N3O3/c1-16(2)11-19(26(32)29-20(14-27)12-18-7-6-10-24(18)30)13-25(31)17(3)22-15-28-23-9-5-4-8-21(22)23/h4-5,8-9,15-20,28H,6-7,10-13H2,1-3H3,(H,29,32)/t17?,18-,19+,20-/m0/s1. The van der Waals surface area contributed by atoms with E-state index in [1.807, 2.05) is 51.2 Å². The van der Waals surface area contributed by atoms with Crippen molar-refractivity contribution in [3.05, 3.63) is 36.0 Å². The zero-order chi connectivity index (χ0) is 23.3. The second kappa shape index (κ2) is 10.6. The van der Waals surface area contributed by atoms with Crippen molar-refractivity contribution in [3.8, 4) is 6.07 Å². The fraction of sp³-hybridized carbons (Fsp3) is 0.538. The van der Waals surface area contributed by atoms with Crippen molar-refractivity contribution in [2.45, 2.75) is 71.3 Å². The molecule has 2 aromatic rings. The molecule has 0 radical (unpaired) electrons. The maximum Gasteiger partial charge on any atom is 0.224 e. The highest BCUT2D eigenvalue weighted by molar-refractivity contribution is 5.95. The smallest absolute Gasteiger partial charge is 0.224 e. The summed E-state index contributed by atoms with van der Waals surface area (Å²) in [6, 6.07) is 9.29. The van der Waals surface area contributed by atoms with Gasteiger partial charge in [0.2, 0.25) is 5.91 Å². The van der Waals surface area contributed by atoms with Crippen LogP contribution in [0.5, 0.6) is 0 Å². The summed E-state index contributed by atoms with van der Waals surface area (Å²) in [4.78, 5) is 41.4. The van der Waals surface area contributed by atoms with Gasteiger partial charge >= 0.3 is 0 Å². The summed E-state index contributed by atoms with van der Waals surface area (Å²) in [6.07, 6.45) is 5.12. The predicted molar refractivity (Wildman–Crippen MR) is 124 cm³/mol. The number of amides is 1. The van der Waals surface area contributed by atoms with Gasteiger partial charge in [0.25, 0.3) is 0 Å². The molecule has 6 heteroatoms. The molecule has 1 fully saturated rings. The highest BCUT2D eigenvalue weighted by atomic mass is 16.2. The molecular weight excluding hydrogens is 402 g/mol. The molecule has 1 aliphatic rings. The zero-order valence-electron chi connectivity index (χ0n) is 19.2. The van der Waals surface area contributed by atoms with Gasteiger partial charge in [-0.25, -0.2) is 0 Å². The van der Waals surface area contributed by atoms with Crippen molar-refractivity contribution < 1.29 is 14.4 Å². The molecule has 1 unspecified atom stereocenters. The lowest BCUT2D eigenvalue weighted by molar-refractivity contribution is -0.131. The second-order valence-corrected chi connectivity index (χ2v) is 9.49. The number of nitrogens with one attached hydrogen (secondary N) is 2. The van der Waals surface area contributed by atoms with Gasteiger partial charge in [-0.1, -0.05) is 39.0 Å². The first-order valence-corrected chi connectivity index (χ1v) is 11.6. The third-order valence-electron chi connectivity index (χ3n) is 6.57. The normalized spacial score (nSPS) is 19.0. The molecule has 32 heavy (non-hydrogen) atoms. The monoisotopic (exact) mass is 435 g/mol. The van der Waals surface area contributed by atoms with Gasteiger partial charge in [0.05, 0.1) is 6.07 Å². The van der Waals surface area contributed by atoms with E-state index in [1.54, 1.807) is 0 Å². The average molecular weight is 436 g/mol. The first-order valence-electron chi connectivity index (χ1n) is 11.6. The van der Waals surface area contributed by atoms with Crippen molar-refractivity contribution in [1.29, 1.82) is 5.26 Å². The van der Waals surface area contributed by atoms with Gasteiger partial charge in [0, 0.05) is 47.7 Å². The van der Waals surface area contributed by atoms with Gasteiger partial charge in [-0.2, -0.15) is 5.26 Å². The number of aromatic amines is 1. The number of nitrogens with zero attached hydrogens (tertiary/aromatic N) is 1. The largest absolute Gasteiger partial charge is 0.361 e. The predicted octanol–water partition coefficient (Wildman–Crippen LogP) is 4.66. The van der Waals surface area contributed by atoms with Crippen LogP contribution in [0.2, 0.25) is 0 Å². The van der Waals surface area contributed by atoms with Gasteiger partial charge in [-0.05, 0) is 43.2 Å². The third kappa shape index (κ3) is 5.64. The Kier molecular flexibility index (Phi) is 7.84. The molecule has 1 aliphatic carbocycles. The Bertz CT molecular complexity index is 1020. The number of Topliss-reactive ketones (excluding diaryl/α,β-unsaturated/α-hetero) is 2. The van der Waals surface area contributed by atoms with Gasteiger partial charge in [0.15, 0.2) is 0 Å². The van der Waals surface area contributed by atoms with Crippen LogP contribution >= 0.6 is 0 Å². The van der Waals surface area contributed by atoms with Crippen LogP contribution in [0.25, 0.3) is 10.9 Å². The molecule has 3 rings (SSSR count). The topological polar surface area (TPSA) is 103 Å². The molecule has 170 valence electrons. The molecule has 0 bridgehead atoms. The molecule has 2 N–H and O–H groups in total. The lowest BCUT2D eigenvalue weighted by atomic mass is 9.85. The Morgan fingerprint density at radius 2 is 2.00 bits per heavy atom. The van der Waals surface area contributed by atoms with E-state index >= 15 is 0 Å². The van der Waals surface area contributed by atoms with E-state index in [1.165, 1.54) is 0 Å². The Hall–Kier alpha value is -2.94. The number of rotatable bonds is 10. The first-order chi connectivity index (χ1) is 15.3. The number of hydrogen-bond donors (Lipinski definition) is 2. The molecule has 0 spiro atoms. The molecule has 1 saturated carbocycles. The zero-order valence-corrected chi connectivity index (χ0v) is 19.2. The number of nitriles is 1. The Labute approximate surface area is 189 Å². The minimum Gasteiger partial charge on any atom is -0.361 e. The number of carbonyl (C=O) groups excluding carboxylic acids is 3. The van der Waals surface area contributed by atoms with Gasteiger partial charge in [-0.3, -0.25) is 14.4 Å². The number of H-pyrrole nitrogens is 1. The summed E-state index contributed by atoms with van der Waals surface area (Å²) in [5.74, 6) is -0.821. The van der Waals surface area contributed by atoms with E-state index in [4.69, 9.17) is 0 Å². The second-order valence-electron chi connectivity index (χ2n) is 9.49. The number of benzene rings is 1. The number of aromatic nitrogens is 1. The molecule has 1 aromatic carbocycles. The van der Waals surface area contributed by atoms with E-state index in [0.29, 0.717) is 19.3 Å². The Morgan fingerprint density at radius 1 is 1.25 bits per heavy atom. The van der Waals surface area contributed by atoms with Crippen LogP contribution in [0.3, 0.4) is 0 Å². The number of para-hydroxylation sites is 1. The van der Waals surface area contributed by atoms with Crippen molar-refractivity contribution in [2.75, 3.05) is 0 Å². The molecule has 0 aliphatic heterocycles. The van der Waals surface area contributed by atoms with Crippen LogP contribution in [0.1, 0.15) is 70.8 Å². The molecule has 0 saturated heterocycles. The van der Waals surface area contributed by atoms with Crippen molar-refractivity contribution in [2.24, 2.45) is 17.8 Å². The number of fused-ring (bicyclic) bond motifs is 1. The van der Waals surface area contributed by atoms with E-state index in [2.05, 4.69) is 16.4 Å². The third-order valence-corrected chi connectivity index (χ3v) is 6.57. The highest BCUT2D eigenvalue weighted by Crippen LogP contribution is 2.29. The van der Waals surface area contributed by atoms with Crippen molar-refractivity contribution >= 4 is 28.4 Å². The van der Waals surface area contributed by atoms with Crippen LogP contribution in [-0.2, 0) is 14.4 Å². The van der Waals surface area contributed by atoms with Crippen LogP contribution in [0.4, 0.5) is 0 Å². The first kappa shape index (κ1) is 23.7. The van der Waals surface area contributed by atoms with E-state index in [-0.39, 0.29) is 41.6 Å². The minimum absolute atomic E-state index is 0.00929. The van der Waals surface area contributed by atoms with Crippen LogP contribution in [0, 0.1) is 29.1 Å². The van der Waals surface area contributed by atoms with E-state index in [0.717, 1.165) is 29.3 Å². The molecule has 4 atom stereocenters. The van der Waals surface area contributed by atoms with Crippen LogP contribution in [-0.4, -0.2) is 28.5 Å². The SMILES string of the molecule is CC(C)C[C@H](CC(=O)C(C)c1c[nH]c2ccccc12)C(=O)N[C@H](C#N)C[C@@H]1CCCC1=O. The summed E-state index contributed by atoms with van der Waals surface area (Å²) in [6.45, 7) is 5.92. The van der Waals surface area contributed by atoms with Gasteiger partial charge in [-0.15, -0.1) is 0 Å². The van der Waals surface area contributed by atoms with Gasteiger partial charge in [0.1, 0.15) is 17.6 Å². The summed E-state index contributed by atoms with van der Waals surface area (Å²) < 4.78 is 0. The highest BCUT2D eigenvalue weighted by Gasteiger charge is 2.31. The molecule has 1 heterocycles. The van der Waals surface area contributed by atoms with Crippen molar-refractivity contribution in [1.82, 2.24) is 10.3 Å². The molecule has 1 aromatic heterocycles. The number of carbonyl (C=O) groups is 3. The summed E-state index contributed by atoms with van der Waals surface area (Å²) >= 11 is 0. The maximum absolute atomic E-state index is 13.2. The fourth-order valence-electron chi connectivity index (χ4n) is 4.75. The fourth-order valence-corrected chi connectivity index (χ4v) is 4.75. The minimum atomic E-state index is -0.703. The maximum atomic E-state index is 13.2. The van der Waals surface area contributed by atoms with Crippen LogP contribution in [0.15, 0.2) is 30.5 Å². The average Bonchev–Trinajstić information content (AvgIpc) is 3.37. The Morgan fingerprint density at radius 3 is 2.66 bits per heavy atom. The Balaban J connectivity index is 1.68. The lowest BCUT2D eigenvalue weighted by Gasteiger charge is -2.22. The number of ketones is 2. The lowest BCUT2D eigenvalue weighted by Crippen LogP contribution is -2.41. The summed E-state index contributed by atoms with van der Waals surface area (Å²) in [5.41, 5.74) is 1.92. The van der Waals surface area contributed by atoms with E-state index in [9.17, 15) is 19.6 Å². The van der Waals surface area contributed by atoms with Gasteiger partial charge < -0.3 is 10.3 Å². The summed E-state index contributed by atoms with van der Waals surface area (Å²) in [5, 5.41) is 13.4. The number of hydrogen-bond acceptors (Lipinski definition) is 4. The molecule has 1 amide bonds. The summed E-state index contributed by atoms with van der Waals surface area (Å²) in [7, 11) is 0. The van der Waals surface area contributed by atoms with E-state index < -0.39 is 12.0 Å². The quantitative estimate of drug-likeness (QED) is 0.566. The van der Waals surface area contributed by atoms with Crippen LogP contribution < -0.4 is 5.32 Å². The molecular formula is C26H33N3O3.